The van der Waals surface area contributed by atoms with Gasteiger partial charge < -0.3 is 4.90 Å². The number of alkyl halides is 1. The summed E-state index contributed by atoms with van der Waals surface area (Å²) in [5.74, 6) is 0.242. The van der Waals surface area contributed by atoms with E-state index in [1.54, 1.807) is 0 Å². The quantitative estimate of drug-likeness (QED) is 0.573. The summed E-state index contributed by atoms with van der Waals surface area (Å²) in [7, 11) is 0. The van der Waals surface area contributed by atoms with Crippen LogP contribution < -0.4 is 4.90 Å². The average molecular weight is 287 g/mol. The molecule has 0 saturated carbocycles. The third kappa shape index (κ3) is 1.70. The zero-order valence-electron chi connectivity index (χ0n) is 7.11. The number of rotatable bonds is 1. The summed E-state index contributed by atoms with van der Waals surface area (Å²) < 4.78 is 0.165. The number of hydrogen-bond acceptors (Lipinski definition) is 1. The van der Waals surface area contributed by atoms with Crippen LogP contribution >= 0.6 is 22.6 Å². The summed E-state index contributed by atoms with van der Waals surface area (Å²) in [5, 5.41) is 0. The maximum absolute atomic E-state index is 11.6. The molecular weight excluding hydrogens is 277 g/mol. The minimum absolute atomic E-state index is 0.165. The van der Waals surface area contributed by atoms with Crippen molar-refractivity contribution in [3.63, 3.8) is 0 Å². The monoisotopic (exact) mass is 287 g/mol. The number of carbonyl (C=O) groups excluding carboxylic acids is 1. The van der Waals surface area contributed by atoms with Gasteiger partial charge in [0.25, 0.3) is 0 Å². The summed E-state index contributed by atoms with van der Waals surface area (Å²) in [6, 6.07) is 9.84. The Bertz CT molecular complexity index is 312. The molecule has 0 radical (unpaired) electrons. The predicted octanol–water partition coefficient (Wildman–Crippen LogP) is 2.23. The molecule has 1 unspecified atom stereocenters. The van der Waals surface area contributed by atoms with Crippen LogP contribution in [-0.4, -0.2) is 16.4 Å². The van der Waals surface area contributed by atoms with Crippen molar-refractivity contribution in [2.24, 2.45) is 0 Å². The number of benzene rings is 1. The molecule has 1 aliphatic heterocycles. The lowest BCUT2D eigenvalue weighted by Crippen LogP contribution is -2.26. The Kier molecular flexibility index (Phi) is 2.53. The molecule has 2 rings (SSSR count). The van der Waals surface area contributed by atoms with Gasteiger partial charge in [0.1, 0.15) is 0 Å². The number of amides is 1. The van der Waals surface area contributed by atoms with Crippen LogP contribution in [0.3, 0.4) is 0 Å². The van der Waals surface area contributed by atoms with Crippen LogP contribution in [0.2, 0.25) is 0 Å². The Balaban J connectivity index is 2.24. The van der Waals surface area contributed by atoms with Gasteiger partial charge in [-0.3, -0.25) is 4.79 Å². The first-order chi connectivity index (χ1) is 6.29. The van der Waals surface area contributed by atoms with Crippen molar-refractivity contribution in [3.05, 3.63) is 30.3 Å². The molecular formula is C10H10INO. The normalized spacial score (nSPS) is 22.4. The maximum atomic E-state index is 11.6. The number of para-hydroxylation sites is 1. The summed E-state index contributed by atoms with van der Waals surface area (Å²) in [6.45, 7) is 0.858. The lowest BCUT2D eigenvalue weighted by Gasteiger charge is -2.15. The van der Waals surface area contributed by atoms with Crippen LogP contribution in [0.1, 0.15) is 6.42 Å². The fraction of sp³-hybridized carbons (Fsp3) is 0.300. The molecule has 1 amide bonds. The number of anilines is 1. The van der Waals surface area contributed by atoms with Crippen molar-refractivity contribution < 1.29 is 4.79 Å². The van der Waals surface area contributed by atoms with Crippen molar-refractivity contribution in [2.75, 3.05) is 11.4 Å². The van der Waals surface area contributed by atoms with Crippen LogP contribution in [-0.2, 0) is 4.79 Å². The highest BCUT2D eigenvalue weighted by molar-refractivity contribution is 14.1. The molecule has 13 heavy (non-hydrogen) atoms. The minimum atomic E-state index is 0.165. The predicted molar refractivity (Wildman–Crippen MR) is 61.2 cm³/mol. The lowest BCUT2D eigenvalue weighted by molar-refractivity contribution is -0.116. The summed E-state index contributed by atoms with van der Waals surface area (Å²) in [5.41, 5.74) is 1.02. The molecule has 1 heterocycles. The summed E-state index contributed by atoms with van der Waals surface area (Å²) >= 11 is 2.21. The first-order valence-corrected chi connectivity index (χ1v) is 5.54. The molecule has 0 aromatic heterocycles. The van der Waals surface area contributed by atoms with E-state index in [2.05, 4.69) is 22.6 Å². The van der Waals surface area contributed by atoms with E-state index in [4.69, 9.17) is 0 Å². The fourth-order valence-corrected chi connectivity index (χ4v) is 2.12. The second kappa shape index (κ2) is 3.65. The Hall–Kier alpha value is -0.580. The Morgan fingerprint density at radius 1 is 1.31 bits per heavy atom. The molecule has 0 spiro atoms. The molecule has 68 valence electrons. The molecule has 0 bridgehead atoms. The maximum Gasteiger partial charge on any atom is 0.240 e. The SMILES string of the molecule is O=C1C(I)CCN1c1ccccc1. The smallest absolute Gasteiger partial charge is 0.240 e. The van der Waals surface area contributed by atoms with Crippen LogP contribution in [0.25, 0.3) is 0 Å². The Labute approximate surface area is 91.1 Å². The standard InChI is InChI=1S/C10H10INO/c11-9-6-7-12(10(9)13)8-4-2-1-3-5-8/h1-5,9H,6-7H2. The van der Waals surface area contributed by atoms with E-state index in [1.165, 1.54) is 0 Å². The molecule has 0 aliphatic carbocycles. The zero-order chi connectivity index (χ0) is 9.26. The van der Waals surface area contributed by atoms with Gasteiger partial charge in [-0.05, 0) is 18.6 Å². The fourth-order valence-electron chi connectivity index (χ4n) is 1.51. The van der Waals surface area contributed by atoms with E-state index < -0.39 is 0 Å². The highest BCUT2D eigenvalue weighted by atomic mass is 127. The highest BCUT2D eigenvalue weighted by Gasteiger charge is 2.29. The third-order valence-corrected chi connectivity index (χ3v) is 3.36. The van der Waals surface area contributed by atoms with E-state index >= 15 is 0 Å². The molecule has 1 aliphatic rings. The van der Waals surface area contributed by atoms with Gasteiger partial charge in [0.2, 0.25) is 5.91 Å². The second-order valence-corrected chi connectivity index (χ2v) is 4.59. The van der Waals surface area contributed by atoms with Gasteiger partial charge >= 0.3 is 0 Å². The topological polar surface area (TPSA) is 20.3 Å². The van der Waals surface area contributed by atoms with Crippen molar-refractivity contribution in [1.82, 2.24) is 0 Å². The Morgan fingerprint density at radius 2 is 2.00 bits per heavy atom. The van der Waals surface area contributed by atoms with Crippen molar-refractivity contribution in [1.29, 1.82) is 0 Å². The van der Waals surface area contributed by atoms with Gasteiger partial charge in [-0.25, -0.2) is 0 Å². The van der Waals surface area contributed by atoms with Crippen molar-refractivity contribution in [2.45, 2.75) is 10.3 Å². The first kappa shape index (κ1) is 8.99. The number of carbonyl (C=O) groups is 1. The minimum Gasteiger partial charge on any atom is -0.311 e. The largest absolute Gasteiger partial charge is 0.311 e. The van der Waals surface area contributed by atoms with Gasteiger partial charge in [0.15, 0.2) is 0 Å². The molecule has 1 aromatic rings. The van der Waals surface area contributed by atoms with Crippen LogP contribution in [0.4, 0.5) is 5.69 Å². The van der Waals surface area contributed by atoms with E-state index in [0.717, 1.165) is 18.7 Å². The van der Waals surface area contributed by atoms with Crippen LogP contribution in [0.15, 0.2) is 30.3 Å². The van der Waals surface area contributed by atoms with Crippen LogP contribution in [0.5, 0.6) is 0 Å². The molecule has 1 saturated heterocycles. The lowest BCUT2D eigenvalue weighted by atomic mass is 10.3. The molecule has 2 nitrogen and oxygen atoms in total. The molecule has 0 N–H and O–H groups in total. The number of nitrogens with zero attached hydrogens (tertiary/aromatic N) is 1. The van der Waals surface area contributed by atoms with Crippen LogP contribution in [0, 0.1) is 0 Å². The van der Waals surface area contributed by atoms with Crippen molar-refractivity contribution in [3.8, 4) is 0 Å². The van der Waals surface area contributed by atoms with Gasteiger partial charge in [0.05, 0.1) is 3.92 Å². The molecule has 3 heteroatoms. The zero-order valence-corrected chi connectivity index (χ0v) is 9.27. The van der Waals surface area contributed by atoms with E-state index in [-0.39, 0.29) is 9.83 Å². The molecule has 1 atom stereocenters. The van der Waals surface area contributed by atoms with Gasteiger partial charge in [0, 0.05) is 12.2 Å². The third-order valence-electron chi connectivity index (χ3n) is 2.21. The summed E-state index contributed by atoms with van der Waals surface area (Å²) in [4.78, 5) is 13.5. The first-order valence-electron chi connectivity index (χ1n) is 4.29. The Morgan fingerprint density at radius 3 is 2.54 bits per heavy atom. The van der Waals surface area contributed by atoms with Gasteiger partial charge in [-0.2, -0.15) is 0 Å². The van der Waals surface area contributed by atoms with Crippen molar-refractivity contribution >= 4 is 34.2 Å². The highest BCUT2D eigenvalue weighted by Crippen LogP contribution is 2.24. The van der Waals surface area contributed by atoms with E-state index in [0.29, 0.717) is 0 Å². The van der Waals surface area contributed by atoms with Gasteiger partial charge in [-0.15, -0.1) is 0 Å². The molecule has 1 aromatic carbocycles. The van der Waals surface area contributed by atoms with Gasteiger partial charge in [-0.1, -0.05) is 40.8 Å². The van der Waals surface area contributed by atoms with E-state index in [9.17, 15) is 4.79 Å². The summed E-state index contributed by atoms with van der Waals surface area (Å²) in [6.07, 6.45) is 0.967. The average Bonchev–Trinajstić information content (AvgIpc) is 2.49. The number of halogens is 1. The number of hydrogen-bond donors (Lipinski definition) is 0. The van der Waals surface area contributed by atoms with E-state index in [1.807, 2.05) is 35.2 Å². The second-order valence-electron chi connectivity index (χ2n) is 3.08. The molecule has 1 fully saturated rings.